The maximum Gasteiger partial charge on any atom is 0.345 e. The van der Waals surface area contributed by atoms with Crippen LogP contribution < -0.4 is 15.8 Å². The zero-order valence-corrected chi connectivity index (χ0v) is 16.1. The van der Waals surface area contributed by atoms with E-state index in [9.17, 15) is 9.18 Å². The van der Waals surface area contributed by atoms with E-state index in [-0.39, 0.29) is 16.5 Å². The number of nitrogens with one attached hydrogen (secondary N) is 1. The number of benzene rings is 1. The zero-order chi connectivity index (χ0) is 20.1. The topological polar surface area (TPSA) is 75.7 Å². The lowest BCUT2D eigenvalue weighted by atomic mass is 10.1. The van der Waals surface area contributed by atoms with Crippen molar-refractivity contribution in [1.82, 2.24) is 19.7 Å². The van der Waals surface area contributed by atoms with Gasteiger partial charge in [0, 0.05) is 49.8 Å². The second kappa shape index (κ2) is 6.66. The molecule has 1 aliphatic heterocycles. The first-order valence-corrected chi connectivity index (χ1v) is 9.55. The van der Waals surface area contributed by atoms with Gasteiger partial charge in [-0.15, -0.1) is 0 Å². The Kier molecular flexibility index (Phi) is 4.09. The first-order chi connectivity index (χ1) is 14.0. The molecule has 4 aromatic rings. The number of aryl methyl sites for hydroxylation is 1. The van der Waals surface area contributed by atoms with Gasteiger partial charge < -0.3 is 19.0 Å². The molecule has 5 rings (SSSR count). The second-order valence-corrected chi connectivity index (χ2v) is 7.51. The molecular weight excluding hydrogens is 373 g/mol. The fourth-order valence-corrected chi connectivity index (χ4v) is 3.82. The highest BCUT2D eigenvalue weighted by Gasteiger charge is 2.20. The summed E-state index contributed by atoms with van der Waals surface area (Å²) in [5.41, 5.74) is 2.49. The molecule has 0 spiro atoms. The van der Waals surface area contributed by atoms with Crippen LogP contribution in [-0.2, 0) is 0 Å². The summed E-state index contributed by atoms with van der Waals surface area (Å²) in [4.78, 5) is 23.4. The highest BCUT2D eigenvalue weighted by Crippen LogP contribution is 2.28. The molecule has 1 aromatic carbocycles. The van der Waals surface area contributed by atoms with E-state index in [0.29, 0.717) is 23.1 Å². The van der Waals surface area contributed by atoms with Crippen molar-refractivity contribution >= 4 is 22.3 Å². The molecule has 0 unspecified atom stereocenters. The third-order valence-corrected chi connectivity index (χ3v) is 5.27. The summed E-state index contributed by atoms with van der Waals surface area (Å²) < 4.78 is 22.2. The number of hydrogen-bond acceptors (Lipinski definition) is 6. The fourth-order valence-electron chi connectivity index (χ4n) is 3.82. The molecule has 148 valence electrons. The van der Waals surface area contributed by atoms with Gasteiger partial charge in [-0.25, -0.2) is 14.2 Å². The molecule has 4 heterocycles. The molecule has 1 aliphatic rings. The van der Waals surface area contributed by atoms with Crippen LogP contribution in [0.3, 0.4) is 0 Å². The van der Waals surface area contributed by atoms with Gasteiger partial charge in [-0.1, -0.05) is 0 Å². The van der Waals surface area contributed by atoms with Gasteiger partial charge >= 0.3 is 5.63 Å². The number of anilines is 1. The van der Waals surface area contributed by atoms with Crippen molar-refractivity contribution in [2.75, 3.05) is 24.5 Å². The highest BCUT2D eigenvalue weighted by molar-refractivity contribution is 5.85. The van der Waals surface area contributed by atoms with Crippen LogP contribution >= 0.6 is 0 Å². The van der Waals surface area contributed by atoms with Crippen LogP contribution in [0.15, 0.2) is 46.0 Å². The summed E-state index contributed by atoms with van der Waals surface area (Å²) >= 11 is 0. The van der Waals surface area contributed by atoms with Crippen molar-refractivity contribution < 1.29 is 8.81 Å². The van der Waals surface area contributed by atoms with E-state index >= 15 is 0 Å². The Morgan fingerprint density at radius 3 is 2.97 bits per heavy atom. The van der Waals surface area contributed by atoms with Gasteiger partial charge in [0.25, 0.3) is 0 Å². The molecule has 1 N–H and O–H groups in total. The molecule has 1 fully saturated rings. The van der Waals surface area contributed by atoms with Gasteiger partial charge in [-0.3, -0.25) is 4.98 Å². The van der Waals surface area contributed by atoms with Gasteiger partial charge in [-0.2, -0.15) is 0 Å². The molecule has 8 heteroatoms. The Bertz CT molecular complexity index is 1300. The van der Waals surface area contributed by atoms with Gasteiger partial charge in [0.15, 0.2) is 5.65 Å². The SMILES string of the molecule is Cc1cn2cc(-c3cc4c(F)cc(N5CCN[C@@H](C)C5)cc4oc3=O)nc2cn1. The van der Waals surface area contributed by atoms with Crippen LogP contribution in [0, 0.1) is 12.7 Å². The quantitative estimate of drug-likeness (QED) is 0.528. The number of nitrogens with zero attached hydrogens (tertiary/aromatic N) is 4. The van der Waals surface area contributed by atoms with Crippen LogP contribution in [0.4, 0.5) is 10.1 Å². The lowest BCUT2D eigenvalue weighted by molar-refractivity contribution is 0.483. The Labute approximate surface area is 165 Å². The molecule has 3 aromatic heterocycles. The van der Waals surface area contributed by atoms with Crippen molar-refractivity contribution in [3.8, 4) is 11.3 Å². The number of fused-ring (bicyclic) bond motifs is 2. The first-order valence-electron chi connectivity index (χ1n) is 9.55. The van der Waals surface area contributed by atoms with Crippen LogP contribution in [0.25, 0.3) is 27.9 Å². The minimum atomic E-state index is -0.546. The maximum atomic E-state index is 14.9. The minimum absolute atomic E-state index is 0.223. The molecular formula is C21H20FN5O2. The van der Waals surface area contributed by atoms with E-state index in [2.05, 4.69) is 27.1 Å². The van der Waals surface area contributed by atoms with E-state index in [1.165, 1.54) is 12.1 Å². The molecule has 0 bridgehead atoms. The summed E-state index contributed by atoms with van der Waals surface area (Å²) in [5.74, 6) is -0.421. The van der Waals surface area contributed by atoms with Crippen LogP contribution in [0.1, 0.15) is 12.6 Å². The van der Waals surface area contributed by atoms with E-state index in [1.54, 1.807) is 22.9 Å². The van der Waals surface area contributed by atoms with E-state index < -0.39 is 11.4 Å². The molecule has 7 nitrogen and oxygen atoms in total. The molecule has 0 radical (unpaired) electrons. The Hall–Kier alpha value is -3.26. The Balaban J connectivity index is 1.61. The smallest absolute Gasteiger partial charge is 0.345 e. The Morgan fingerprint density at radius 1 is 1.28 bits per heavy atom. The molecule has 0 saturated carbocycles. The molecule has 0 amide bonds. The lowest BCUT2D eigenvalue weighted by Gasteiger charge is -2.33. The number of rotatable bonds is 2. The van der Waals surface area contributed by atoms with Gasteiger partial charge in [0.1, 0.15) is 11.4 Å². The van der Waals surface area contributed by atoms with Crippen molar-refractivity contribution in [2.24, 2.45) is 0 Å². The predicted octanol–water partition coefficient (Wildman–Crippen LogP) is 2.75. The summed E-state index contributed by atoms with van der Waals surface area (Å²) in [6.07, 6.45) is 5.16. The number of halogens is 1. The van der Waals surface area contributed by atoms with Crippen molar-refractivity contribution in [3.63, 3.8) is 0 Å². The summed E-state index contributed by atoms with van der Waals surface area (Å²) in [6, 6.07) is 5.06. The van der Waals surface area contributed by atoms with Crippen molar-refractivity contribution in [1.29, 1.82) is 0 Å². The summed E-state index contributed by atoms with van der Waals surface area (Å²) in [6.45, 7) is 6.32. The number of hydrogen-bond donors (Lipinski definition) is 1. The first kappa shape index (κ1) is 17.8. The average Bonchev–Trinajstić information content (AvgIpc) is 3.10. The van der Waals surface area contributed by atoms with Gasteiger partial charge in [-0.05, 0) is 26.0 Å². The van der Waals surface area contributed by atoms with E-state index in [1.807, 2.05) is 13.1 Å². The fraction of sp³-hybridized carbons (Fsp3) is 0.286. The molecule has 1 atom stereocenters. The van der Waals surface area contributed by atoms with Crippen LogP contribution in [0.2, 0.25) is 0 Å². The number of piperazine rings is 1. The Morgan fingerprint density at radius 2 is 2.14 bits per heavy atom. The van der Waals surface area contributed by atoms with Gasteiger partial charge in [0.05, 0.1) is 28.5 Å². The van der Waals surface area contributed by atoms with Crippen molar-refractivity contribution in [2.45, 2.75) is 19.9 Å². The highest BCUT2D eigenvalue weighted by atomic mass is 19.1. The number of imidazole rings is 1. The second-order valence-electron chi connectivity index (χ2n) is 7.51. The largest absolute Gasteiger partial charge is 0.422 e. The monoisotopic (exact) mass is 393 g/mol. The molecule has 1 saturated heterocycles. The third kappa shape index (κ3) is 3.15. The minimum Gasteiger partial charge on any atom is -0.422 e. The molecule has 29 heavy (non-hydrogen) atoms. The zero-order valence-electron chi connectivity index (χ0n) is 16.1. The summed E-state index contributed by atoms with van der Waals surface area (Å²) in [7, 11) is 0. The van der Waals surface area contributed by atoms with Crippen molar-refractivity contribution in [3.05, 3.63) is 58.7 Å². The predicted molar refractivity (Wildman–Crippen MR) is 109 cm³/mol. The van der Waals surface area contributed by atoms with E-state index in [4.69, 9.17) is 4.42 Å². The van der Waals surface area contributed by atoms with Crippen LogP contribution in [0.5, 0.6) is 0 Å². The lowest BCUT2D eigenvalue weighted by Crippen LogP contribution is -2.49. The maximum absolute atomic E-state index is 14.9. The standard InChI is InChI=1S/C21H20FN5O2/c1-12-9-26(4-3-23-12)14-5-17(22)15-7-16(21(28)29-19(15)6-14)18-11-27-10-13(2)24-8-20(27)25-18/h5-8,10-12,23H,3-4,9H2,1-2H3/t12-/m0/s1. The number of aromatic nitrogens is 3. The van der Waals surface area contributed by atoms with Crippen LogP contribution in [-0.4, -0.2) is 40.0 Å². The normalized spacial score (nSPS) is 17.3. The van der Waals surface area contributed by atoms with Gasteiger partial charge in [0.2, 0.25) is 0 Å². The molecule has 0 aliphatic carbocycles. The average molecular weight is 393 g/mol. The summed E-state index contributed by atoms with van der Waals surface area (Å²) in [5, 5.41) is 3.62. The third-order valence-electron chi connectivity index (χ3n) is 5.27. The van der Waals surface area contributed by atoms with E-state index in [0.717, 1.165) is 25.3 Å².